The fourth-order valence-electron chi connectivity index (χ4n) is 0.995. The van der Waals surface area contributed by atoms with Crippen molar-refractivity contribution in [3.8, 4) is 0 Å². The molecule has 1 amide bonds. The summed E-state index contributed by atoms with van der Waals surface area (Å²) in [5.41, 5.74) is -0.557. The van der Waals surface area contributed by atoms with E-state index in [1.54, 1.807) is 27.7 Å². The standard InChI is InChI=1S/C11H20N2O4S/c1-7(9(14)16-5)13-8(18)6-12-10(15)17-11(2,3)4/h7H,6H2,1-5H3,(H,12,15)(H,13,18)/t7-/m0/s1. The lowest BCUT2D eigenvalue weighted by molar-refractivity contribution is -0.142. The molecule has 0 heterocycles. The molecule has 6 nitrogen and oxygen atoms in total. The van der Waals surface area contributed by atoms with E-state index in [9.17, 15) is 9.59 Å². The molecule has 0 radical (unpaired) electrons. The zero-order valence-corrected chi connectivity index (χ0v) is 12.1. The Hall–Kier alpha value is -1.37. The number of amides is 1. The van der Waals surface area contributed by atoms with Crippen molar-refractivity contribution >= 4 is 29.3 Å². The lowest BCUT2D eigenvalue weighted by Crippen LogP contribution is -2.44. The molecule has 0 saturated heterocycles. The van der Waals surface area contributed by atoms with Gasteiger partial charge < -0.3 is 20.1 Å². The van der Waals surface area contributed by atoms with Gasteiger partial charge in [-0.3, -0.25) is 0 Å². The van der Waals surface area contributed by atoms with Gasteiger partial charge in [-0.05, 0) is 27.7 Å². The number of rotatable bonds is 4. The maximum absolute atomic E-state index is 11.3. The highest BCUT2D eigenvalue weighted by atomic mass is 32.1. The van der Waals surface area contributed by atoms with Crippen molar-refractivity contribution in [2.24, 2.45) is 0 Å². The Morgan fingerprint density at radius 3 is 2.33 bits per heavy atom. The third-order valence-corrected chi connectivity index (χ3v) is 1.99. The SMILES string of the molecule is COC(=O)[C@H](C)NC(=S)CNC(=O)OC(C)(C)C. The van der Waals surface area contributed by atoms with Gasteiger partial charge in [0.25, 0.3) is 0 Å². The number of carbonyl (C=O) groups is 2. The third-order valence-electron chi connectivity index (χ3n) is 1.72. The molecule has 104 valence electrons. The average Bonchev–Trinajstić information content (AvgIpc) is 2.22. The first kappa shape index (κ1) is 16.6. The second kappa shape index (κ2) is 7.15. The Kier molecular flexibility index (Phi) is 6.61. The van der Waals surface area contributed by atoms with Crippen molar-refractivity contribution in [2.75, 3.05) is 13.7 Å². The highest BCUT2D eigenvalue weighted by Gasteiger charge is 2.17. The minimum atomic E-state index is -0.558. The molecule has 0 aromatic carbocycles. The Balaban J connectivity index is 3.98. The fourth-order valence-corrected chi connectivity index (χ4v) is 1.24. The van der Waals surface area contributed by atoms with E-state index in [4.69, 9.17) is 17.0 Å². The molecular weight excluding hydrogens is 256 g/mol. The maximum atomic E-state index is 11.3. The molecule has 7 heteroatoms. The van der Waals surface area contributed by atoms with Crippen molar-refractivity contribution in [3.63, 3.8) is 0 Å². The Morgan fingerprint density at radius 1 is 1.33 bits per heavy atom. The highest BCUT2D eigenvalue weighted by Crippen LogP contribution is 2.06. The predicted octanol–water partition coefficient (Wildman–Crippen LogP) is 0.990. The van der Waals surface area contributed by atoms with E-state index >= 15 is 0 Å². The molecule has 0 aromatic rings. The average molecular weight is 276 g/mol. The topological polar surface area (TPSA) is 76.7 Å². The van der Waals surface area contributed by atoms with E-state index < -0.39 is 23.7 Å². The zero-order valence-electron chi connectivity index (χ0n) is 11.3. The maximum Gasteiger partial charge on any atom is 0.408 e. The number of nitrogens with one attached hydrogen (secondary N) is 2. The van der Waals surface area contributed by atoms with Gasteiger partial charge in [0.2, 0.25) is 0 Å². The molecule has 0 aliphatic heterocycles. The lowest BCUT2D eigenvalue weighted by atomic mass is 10.2. The van der Waals surface area contributed by atoms with Crippen molar-refractivity contribution < 1.29 is 19.1 Å². The van der Waals surface area contributed by atoms with E-state index in [1.807, 2.05) is 0 Å². The van der Waals surface area contributed by atoms with E-state index in [1.165, 1.54) is 7.11 Å². The smallest absolute Gasteiger partial charge is 0.408 e. The summed E-state index contributed by atoms with van der Waals surface area (Å²) in [6.07, 6.45) is -0.558. The van der Waals surface area contributed by atoms with Gasteiger partial charge in [-0.15, -0.1) is 0 Å². The summed E-state index contributed by atoms with van der Waals surface area (Å²) in [6, 6.07) is -0.553. The molecule has 0 aromatic heterocycles. The minimum absolute atomic E-state index is 0.103. The third kappa shape index (κ3) is 7.83. The second-order valence-electron chi connectivity index (χ2n) is 4.67. The van der Waals surface area contributed by atoms with Crippen molar-refractivity contribution in [2.45, 2.75) is 39.3 Å². The van der Waals surface area contributed by atoms with Crippen molar-refractivity contribution in [1.29, 1.82) is 0 Å². The zero-order chi connectivity index (χ0) is 14.3. The van der Waals surface area contributed by atoms with Gasteiger partial charge in [-0.2, -0.15) is 0 Å². The molecule has 18 heavy (non-hydrogen) atoms. The highest BCUT2D eigenvalue weighted by molar-refractivity contribution is 7.80. The normalized spacial score (nSPS) is 12.3. The molecule has 0 fully saturated rings. The molecular formula is C11H20N2O4S. The number of hydrogen-bond acceptors (Lipinski definition) is 5. The van der Waals surface area contributed by atoms with Crippen LogP contribution in [0.15, 0.2) is 0 Å². The van der Waals surface area contributed by atoms with Crippen molar-refractivity contribution in [1.82, 2.24) is 10.6 Å². The molecule has 0 aliphatic rings. The van der Waals surface area contributed by atoms with Crippen LogP contribution < -0.4 is 10.6 Å². The van der Waals surface area contributed by atoms with Gasteiger partial charge in [0.1, 0.15) is 11.6 Å². The molecule has 2 N–H and O–H groups in total. The summed E-state index contributed by atoms with van der Waals surface area (Å²) in [5, 5.41) is 5.22. The number of methoxy groups -OCH3 is 1. The molecule has 0 unspecified atom stereocenters. The van der Waals surface area contributed by atoms with Gasteiger partial charge >= 0.3 is 12.1 Å². The largest absolute Gasteiger partial charge is 0.467 e. The molecule has 0 bridgehead atoms. The van der Waals surface area contributed by atoms with Crippen LogP contribution >= 0.6 is 12.2 Å². The summed E-state index contributed by atoms with van der Waals surface area (Å²) in [5.74, 6) is -0.422. The van der Waals surface area contributed by atoms with Crippen LogP contribution in [0, 0.1) is 0 Å². The summed E-state index contributed by atoms with van der Waals surface area (Å²) in [7, 11) is 1.29. The lowest BCUT2D eigenvalue weighted by Gasteiger charge is -2.20. The second-order valence-corrected chi connectivity index (χ2v) is 5.16. The van der Waals surface area contributed by atoms with Gasteiger partial charge in [0.05, 0.1) is 18.6 Å². The number of esters is 1. The van der Waals surface area contributed by atoms with Crippen molar-refractivity contribution in [3.05, 3.63) is 0 Å². The summed E-state index contributed by atoms with van der Waals surface area (Å²) in [4.78, 5) is 22.8. The van der Waals surface area contributed by atoms with Gasteiger partial charge in [0, 0.05) is 0 Å². The van der Waals surface area contributed by atoms with Crippen LogP contribution in [0.4, 0.5) is 4.79 Å². The summed E-state index contributed by atoms with van der Waals surface area (Å²) < 4.78 is 9.56. The number of thiocarbonyl (C=S) groups is 1. The number of alkyl carbamates (subject to hydrolysis) is 1. The van der Waals surface area contributed by atoms with Crippen LogP contribution in [0.5, 0.6) is 0 Å². The number of carbonyl (C=O) groups excluding carboxylic acids is 2. The first-order valence-electron chi connectivity index (χ1n) is 5.49. The molecule has 0 saturated carbocycles. The van der Waals surface area contributed by atoms with E-state index in [2.05, 4.69) is 15.4 Å². The first-order valence-corrected chi connectivity index (χ1v) is 5.90. The van der Waals surface area contributed by atoms with Crippen LogP contribution in [0.25, 0.3) is 0 Å². The molecule has 1 atom stereocenters. The van der Waals surface area contributed by atoms with Gasteiger partial charge in [0.15, 0.2) is 0 Å². The van der Waals surface area contributed by atoms with Gasteiger partial charge in [-0.25, -0.2) is 9.59 Å². The number of hydrogen-bond donors (Lipinski definition) is 2. The van der Waals surface area contributed by atoms with E-state index in [0.717, 1.165) is 0 Å². The molecule has 0 spiro atoms. The van der Waals surface area contributed by atoms with Crippen LogP contribution in [0.3, 0.4) is 0 Å². The van der Waals surface area contributed by atoms with Crippen LogP contribution in [-0.2, 0) is 14.3 Å². The monoisotopic (exact) mass is 276 g/mol. The van der Waals surface area contributed by atoms with Crippen LogP contribution in [0.2, 0.25) is 0 Å². The Bertz CT molecular complexity index is 325. The van der Waals surface area contributed by atoms with E-state index in [-0.39, 0.29) is 6.54 Å². The van der Waals surface area contributed by atoms with E-state index in [0.29, 0.717) is 4.99 Å². The Labute approximate surface area is 112 Å². The van der Waals surface area contributed by atoms with Gasteiger partial charge in [-0.1, -0.05) is 12.2 Å². The quantitative estimate of drug-likeness (QED) is 0.589. The Morgan fingerprint density at radius 2 is 1.89 bits per heavy atom. The fraction of sp³-hybridized carbons (Fsp3) is 0.727. The summed E-state index contributed by atoms with van der Waals surface area (Å²) >= 11 is 4.97. The first-order chi connectivity index (χ1) is 8.15. The molecule has 0 rings (SSSR count). The van der Waals surface area contributed by atoms with Crippen LogP contribution in [-0.4, -0.2) is 42.3 Å². The number of ether oxygens (including phenoxy) is 2. The minimum Gasteiger partial charge on any atom is -0.467 e. The summed E-state index contributed by atoms with van der Waals surface area (Å²) in [6.45, 7) is 7.02. The molecule has 0 aliphatic carbocycles. The predicted molar refractivity (Wildman–Crippen MR) is 71.4 cm³/mol. The van der Waals surface area contributed by atoms with Crippen LogP contribution in [0.1, 0.15) is 27.7 Å².